The Bertz CT molecular complexity index is 688. The molecule has 151 valence electrons. The highest BCUT2D eigenvalue weighted by Gasteiger charge is 2.41. The molecule has 1 aromatic carbocycles. The smallest absolute Gasteiger partial charge is 0.225 e. The second-order valence-electron chi connectivity index (χ2n) is 9.34. The van der Waals surface area contributed by atoms with E-state index in [1.165, 1.54) is 37.7 Å². The third-order valence-electron chi connectivity index (χ3n) is 6.46. The molecule has 1 aromatic rings. The molecule has 0 aromatic heterocycles. The summed E-state index contributed by atoms with van der Waals surface area (Å²) in [6, 6.07) is 12.9. The van der Waals surface area contributed by atoms with Crippen LogP contribution in [0.4, 0.5) is 0 Å². The SMILES string of the molecule is CC(C)(CN1CCC(C#N)(NC(=O)[CH]CC2CCCCC2)C1)c1ccccc1. The molecule has 1 amide bonds. The average Bonchev–Trinajstić information content (AvgIpc) is 3.10. The molecule has 1 aliphatic carbocycles. The first-order valence-corrected chi connectivity index (χ1v) is 10.8. The Morgan fingerprint density at radius 3 is 2.68 bits per heavy atom. The summed E-state index contributed by atoms with van der Waals surface area (Å²) in [6.07, 6.45) is 9.68. The molecule has 2 fully saturated rings. The van der Waals surface area contributed by atoms with Gasteiger partial charge in [0.25, 0.3) is 0 Å². The predicted molar refractivity (Wildman–Crippen MR) is 113 cm³/mol. The molecule has 28 heavy (non-hydrogen) atoms. The van der Waals surface area contributed by atoms with Gasteiger partial charge < -0.3 is 5.32 Å². The number of amides is 1. The number of nitrogens with one attached hydrogen (secondary N) is 1. The van der Waals surface area contributed by atoms with Gasteiger partial charge >= 0.3 is 0 Å². The molecule has 1 unspecified atom stereocenters. The van der Waals surface area contributed by atoms with E-state index >= 15 is 0 Å². The lowest BCUT2D eigenvalue weighted by atomic mass is 9.84. The van der Waals surface area contributed by atoms with Crippen LogP contribution < -0.4 is 5.32 Å². The summed E-state index contributed by atoms with van der Waals surface area (Å²) in [6.45, 7) is 6.80. The van der Waals surface area contributed by atoms with Crippen molar-refractivity contribution >= 4 is 5.91 Å². The highest BCUT2D eigenvalue weighted by molar-refractivity contribution is 5.85. The minimum absolute atomic E-state index is 0.00388. The van der Waals surface area contributed by atoms with E-state index in [4.69, 9.17) is 0 Å². The molecule has 4 heteroatoms. The van der Waals surface area contributed by atoms with Gasteiger partial charge in [-0.1, -0.05) is 76.3 Å². The van der Waals surface area contributed by atoms with E-state index in [9.17, 15) is 10.1 Å². The summed E-state index contributed by atoms with van der Waals surface area (Å²) >= 11 is 0. The lowest BCUT2D eigenvalue weighted by Crippen LogP contribution is -2.50. The normalized spacial score (nSPS) is 24.0. The maximum atomic E-state index is 12.5. The number of hydrogen-bond donors (Lipinski definition) is 1. The lowest BCUT2D eigenvalue weighted by molar-refractivity contribution is -0.119. The maximum Gasteiger partial charge on any atom is 0.225 e. The van der Waals surface area contributed by atoms with Crippen LogP contribution in [0.1, 0.15) is 64.4 Å². The Balaban J connectivity index is 1.52. The number of likely N-dealkylation sites (tertiary alicyclic amines) is 1. The molecule has 1 saturated heterocycles. The van der Waals surface area contributed by atoms with E-state index in [2.05, 4.69) is 54.4 Å². The van der Waals surface area contributed by atoms with E-state index in [-0.39, 0.29) is 11.3 Å². The molecule has 2 aliphatic rings. The molecule has 1 aliphatic heterocycles. The van der Waals surface area contributed by atoms with Gasteiger partial charge in [-0.3, -0.25) is 9.69 Å². The van der Waals surface area contributed by atoms with Crippen molar-refractivity contribution in [3.8, 4) is 6.07 Å². The number of carbonyl (C=O) groups is 1. The molecule has 3 rings (SSSR count). The number of nitrogens with zero attached hydrogens (tertiary/aromatic N) is 2. The molecular formula is C24H34N3O. The van der Waals surface area contributed by atoms with Crippen LogP contribution in [0.25, 0.3) is 0 Å². The zero-order valence-corrected chi connectivity index (χ0v) is 17.4. The predicted octanol–water partition coefficient (Wildman–Crippen LogP) is 4.22. The highest BCUT2D eigenvalue weighted by Crippen LogP contribution is 2.30. The fourth-order valence-corrected chi connectivity index (χ4v) is 4.77. The fraction of sp³-hybridized carbons (Fsp3) is 0.625. The van der Waals surface area contributed by atoms with Gasteiger partial charge in [-0.15, -0.1) is 0 Å². The second-order valence-corrected chi connectivity index (χ2v) is 9.34. The Kier molecular flexibility index (Phi) is 6.78. The van der Waals surface area contributed by atoms with Crippen LogP contribution in [0.15, 0.2) is 30.3 Å². The van der Waals surface area contributed by atoms with Crippen molar-refractivity contribution in [3.05, 3.63) is 42.3 Å². The maximum absolute atomic E-state index is 12.5. The van der Waals surface area contributed by atoms with Gasteiger partial charge in [-0.05, 0) is 24.3 Å². The molecular weight excluding hydrogens is 346 g/mol. The van der Waals surface area contributed by atoms with Crippen molar-refractivity contribution in [1.82, 2.24) is 10.2 Å². The minimum Gasteiger partial charge on any atom is -0.336 e. The van der Waals surface area contributed by atoms with Crippen LogP contribution in [0, 0.1) is 23.7 Å². The van der Waals surface area contributed by atoms with Crippen LogP contribution in [0.2, 0.25) is 0 Å². The van der Waals surface area contributed by atoms with E-state index < -0.39 is 5.54 Å². The third kappa shape index (κ3) is 5.35. The van der Waals surface area contributed by atoms with Gasteiger partial charge in [0.15, 0.2) is 0 Å². The number of rotatable bonds is 7. The zero-order chi connectivity index (χ0) is 20.0. The lowest BCUT2D eigenvalue weighted by Gasteiger charge is -2.31. The monoisotopic (exact) mass is 380 g/mol. The van der Waals surface area contributed by atoms with Crippen LogP contribution in [0.3, 0.4) is 0 Å². The summed E-state index contributed by atoms with van der Waals surface area (Å²) in [5.74, 6) is 0.570. The fourth-order valence-electron chi connectivity index (χ4n) is 4.77. The molecule has 1 saturated carbocycles. The van der Waals surface area contributed by atoms with E-state index in [1.807, 2.05) is 6.07 Å². The highest BCUT2D eigenvalue weighted by atomic mass is 16.1. The van der Waals surface area contributed by atoms with E-state index in [0.717, 1.165) is 19.5 Å². The zero-order valence-electron chi connectivity index (χ0n) is 17.4. The van der Waals surface area contributed by atoms with E-state index in [1.54, 1.807) is 6.42 Å². The van der Waals surface area contributed by atoms with Crippen molar-refractivity contribution in [3.63, 3.8) is 0 Å². The van der Waals surface area contributed by atoms with Gasteiger partial charge in [0.1, 0.15) is 5.54 Å². The molecule has 0 spiro atoms. The van der Waals surface area contributed by atoms with Gasteiger partial charge in [0.2, 0.25) is 5.91 Å². The largest absolute Gasteiger partial charge is 0.336 e. The standard InChI is InChI=1S/C24H34N3O/c1-23(2,21-11-7-4-8-12-21)18-27-16-15-24(17-25,19-27)26-22(28)14-13-20-9-5-3-6-10-20/h4,7-8,11-12,14,20H,3,5-6,9-10,13,15-16,18-19H2,1-2H3,(H,26,28). The van der Waals surface area contributed by atoms with Crippen molar-refractivity contribution in [2.24, 2.45) is 5.92 Å². The summed E-state index contributed by atoms with van der Waals surface area (Å²) in [5.41, 5.74) is 0.547. The first-order valence-electron chi connectivity index (χ1n) is 10.8. The van der Waals surface area contributed by atoms with Crippen LogP contribution in [-0.4, -0.2) is 36.0 Å². The van der Waals surface area contributed by atoms with Gasteiger partial charge in [0.05, 0.1) is 6.07 Å². The Morgan fingerprint density at radius 2 is 2.00 bits per heavy atom. The van der Waals surface area contributed by atoms with Crippen molar-refractivity contribution < 1.29 is 4.79 Å². The average molecular weight is 381 g/mol. The number of nitriles is 1. The van der Waals surface area contributed by atoms with Gasteiger partial charge in [-0.2, -0.15) is 5.26 Å². The molecule has 1 atom stereocenters. The molecule has 4 nitrogen and oxygen atoms in total. The Morgan fingerprint density at radius 1 is 1.29 bits per heavy atom. The summed E-state index contributed by atoms with van der Waals surface area (Å²) in [7, 11) is 0. The summed E-state index contributed by atoms with van der Waals surface area (Å²) in [4.78, 5) is 14.8. The number of hydrogen-bond acceptors (Lipinski definition) is 3. The Labute approximate surface area is 170 Å². The number of benzene rings is 1. The van der Waals surface area contributed by atoms with Gasteiger partial charge in [0, 0.05) is 31.5 Å². The quantitative estimate of drug-likeness (QED) is 0.770. The van der Waals surface area contributed by atoms with Gasteiger partial charge in [-0.25, -0.2) is 0 Å². The second kappa shape index (κ2) is 9.09. The topological polar surface area (TPSA) is 56.1 Å². The third-order valence-corrected chi connectivity index (χ3v) is 6.46. The van der Waals surface area contributed by atoms with Crippen LogP contribution in [-0.2, 0) is 10.2 Å². The first-order chi connectivity index (χ1) is 13.4. The summed E-state index contributed by atoms with van der Waals surface area (Å²) in [5, 5.41) is 12.9. The van der Waals surface area contributed by atoms with Crippen LogP contribution in [0.5, 0.6) is 0 Å². The molecule has 1 N–H and O–H groups in total. The molecule has 0 bridgehead atoms. The van der Waals surface area contributed by atoms with Crippen molar-refractivity contribution in [2.75, 3.05) is 19.6 Å². The Hall–Kier alpha value is -1.86. The van der Waals surface area contributed by atoms with Crippen molar-refractivity contribution in [1.29, 1.82) is 5.26 Å². The minimum atomic E-state index is -0.757. The van der Waals surface area contributed by atoms with E-state index in [0.29, 0.717) is 18.9 Å². The van der Waals surface area contributed by atoms with Crippen LogP contribution >= 0.6 is 0 Å². The summed E-state index contributed by atoms with van der Waals surface area (Å²) < 4.78 is 0. The molecule has 1 heterocycles. The van der Waals surface area contributed by atoms with Crippen molar-refractivity contribution in [2.45, 2.75) is 69.7 Å². The number of carbonyl (C=O) groups excluding carboxylic acids is 1. The first kappa shape index (κ1) is 20.9. The molecule has 1 radical (unpaired) electrons.